The molecule has 2 aromatic rings. The predicted molar refractivity (Wildman–Crippen MR) is 94.8 cm³/mol. The quantitative estimate of drug-likeness (QED) is 0.862. The van der Waals surface area contributed by atoms with E-state index in [1.54, 1.807) is 0 Å². The summed E-state index contributed by atoms with van der Waals surface area (Å²) in [5.41, 5.74) is 6.13. The van der Waals surface area contributed by atoms with Crippen LogP contribution in [0.4, 0.5) is 8.78 Å². The first-order chi connectivity index (χ1) is 12.4. The summed E-state index contributed by atoms with van der Waals surface area (Å²) in [6.45, 7) is 4.02. The summed E-state index contributed by atoms with van der Waals surface area (Å²) in [6, 6.07) is 5.41. The molecule has 5 nitrogen and oxygen atoms in total. The van der Waals surface area contributed by atoms with Crippen LogP contribution in [0.1, 0.15) is 36.5 Å². The number of rotatable bonds is 2. The Bertz CT molecular complexity index is 872. The van der Waals surface area contributed by atoms with Gasteiger partial charge in [0.15, 0.2) is 10.9 Å². The van der Waals surface area contributed by atoms with Gasteiger partial charge in [-0.1, -0.05) is 29.9 Å². The van der Waals surface area contributed by atoms with Crippen molar-refractivity contribution in [1.82, 2.24) is 5.16 Å². The SMILES string of the molecule is Cc1cc(C2CC3C(C)SC(N)=NC3(c3ccc(F)cc3F)CO2)on1. The number of ether oxygens (including phenoxy) is 1. The average molecular weight is 379 g/mol. The summed E-state index contributed by atoms with van der Waals surface area (Å²) in [5.74, 6) is -0.663. The van der Waals surface area contributed by atoms with Gasteiger partial charge in [-0.2, -0.15) is 0 Å². The van der Waals surface area contributed by atoms with Gasteiger partial charge in [-0.15, -0.1) is 0 Å². The van der Waals surface area contributed by atoms with Gasteiger partial charge in [-0.05, 0) is 19.4 Å². The zero-order valence-electron chi connectivity index (χ0n) is 14.4. The van der Waals surface area contributed by atoms with E-state index < -0.39 is 17.2 Å². The molecule has 1 aromatic carbocycles. The molecule has 4 unspecified atom stereocenters. The molecule has 2 N–H and O–H groups in total. The van der Waals surface area contributed by atoms with Gasteiger partial charge in [0.1, 0.15) is 23.3 Å². The molecule has 26 heavy (non-hydrogen) atoms. The van der Waals surface area contributed by atoms with Crippen LogP contribution >= 0.6 is 11.8 Å². The van der Waals surface area contributed by atoms with Crippen molar-refractivity contribution >= 4 is 16.9 Å². The molecule has 4 atom stereocenters. The van der Waals surface area contributed by atoms with Crippen LogP contribution in [0.3, 0.4) is 0 Å². The summed E-state index contributed by atoms with van der Waals surface area (Å²) in [7, 11) is 0. The smallest absolute Gasteiger partial charge is 0.165 e. The molecule has 0 bridgehead atoms. The van der Waals surface area contributed by atoms with Gasteiger partial charge in [-0.3, -0.25) is 0 Å². The van der Waals surface area contributed by atoms with Gasteiger partial charge in [0, 0.05) is 28.9 Å². The van der Waals surface area contributed by atoms with Crippen molar-refractivity contribution in [2.24, 2.45) is 16.6 Å². The lowest BCUT2D eigenvalue weighted by Crippen LogP contribution is -2.51. The van der Waals surface area contributed by atoms with E-state index >= 15 is 0 Å². The van der Waals surface area contributed by atoms with Gasteiger partial charge in [-0.25, -0.2) is 13.8 Å². The van der Waals surface area contributed by atoms with E-state index in [9.17, 15) is 8.78 Å². The highest BCUT2D eigenvalue weighted by molar-refractivity contribution is 8.14. The van der Waals surface area contributed by atoms with Crippen LogP contribution in [-0.2, 0) is 10.3 Å². The summed E-state index contributed by atoms with van der Waals surface area (Å²) in [6.07, 6.45) is 0.298. The Morgan fingerprint density at radius 3 is 2.81 bits per heavy atom. The topological polar surface area (TPSA) is 73.6 Å². The lowest BCUT2D eigenvalue weighted by Gasteiger charge is -2.48. The fourth-order valence-corrected chi connectivity index (χ4v) is 5.03. The van der Waals surface area contributed by atoms with E-state index in [0.29, 0.717) is 22.9 Å². The number of hydrogen-bond donors (Lipinski definition) is 1. The summed E-state index contributed by atoms with van der Waals surface area (Å²) < 4.78 is 39.4. The number of halogens is 2. The van der Waals surface area contributed by atoms with Gasteiger partial charge in [0.25, 0.3) is 0 Å². The Hall–Kier alpha value is -1.93. The third-order valence-corrected chi connectivity index (χ3v) is 6.16. The fourth-order valence-electron chi connectivity index (χ4n) is 3.93. The average Bonchev–Trinajstić information content (AvgIpc) is 3.00. The summed E-state index contributed by atoms with van der Waals surface area (Å²) >= 11 is 1.46. The first-order valence-electron chi connectivity index (χ1n) is 8.41. The Balaban J connectivity index is 1.77. The van der Waals surface area contributed by atoms with Crippen molar-refractivity contribution < 1.29 is 18.0 Å². The molecule has 1 saturated heterocycles. The van der Waals surface area contributed by atoms with Crippen molar-refractivity contribution in [2.75, 3.05) is 6.61 Å². The maximum atomic E-state index is 14.6. The van der Waals surface area contributed by atoms with Crippen molar-refractivity contribution in [3.63, 3.8) is 0 Å². The fraction of sp³-hybridized carbons (Fsp3) is 0.444. The number of nitrogens with zero attached hydrogens (tertiary/aromatic N) is 2. The van der Waals surface area contributed by atoms with Gasteiger partial charge < -0.3 is 15.0 Å². The van der Waals surface area contributed by atoms with Crippen LogP contribution in [0, 0.1) is 24.5 Å². The number of nitrogens with two attached hydrogens (primary N) is 1. The van der Waals surface area contributed by atoms with Gasteiger partial charge in [0.2, 0.25) is 0 Å². The highest BCUT2D eigenvalue weighted by atomic mass is 32.2. The third kappa shape index (κ3) is 2.81. The minimum Gasteiger partial charge on any atom is -0.379 e. The van der Waals surface area contributed by atoms with Crippen molar-refractivity contribution in [1.29, 1.82) is 0 Å². The second-order valence-electron chi connectivity index (χ2n) is 6.83. The minimum absolute atomic E-state index is 0.0519. The molecular weight excluding hydrogens is 360 g/mol. The zero-order valence-corrected chi connectivity index (χ0v) is 15.2. The number of aromatic nitrogens is 1. The number of fused-ring (bicyclic) bond motifs is 1. The molecule has 138 valence electrons. The Morgan fingerprint density at radius 2 is 2.12 bits per heavy atom. The van der Waals surface area contributed by atoms with Gasteiger partial charge >= 0.3 is 0 Å². The molecule has 2 aliphatic heterocycles. The van der Waals surface area contributed by atoms with Crippen molar-refractivity contribution in [2.45, 2.75) is 37.2 Å². The third-order valence-electron chi connectivity index (χ3n) is 5.13. The van der Waals surface area contributed by atoms with Crippen molar-refractivity contribution in [3.05, 3.63) is 52.9 Å². The van der Waals surface area contributed by atoms with Crippen LogP contribution in [0.5, 0.6) is 0 Å². The molecule has 3 heterocycles. The van der Waals surface area contributed by atoms with Crippen LogP contribution in [0.25, 0.3) is 0 Å². The normalized spacial score (nSPS) is 31.4. The lowest BCUT2D eigenvalue weighted by atomic mass is 9.72. The highest BCUT2D eigenvalue weighted by Gasteiger charge is 2.52. The van der Waals surface area contributed by atoms with E-state index in [-0.39, 0.29) is 23.9 Å². The number of hydrogen-bond acceptors (Lipinski definition) is 6. The Morgan fingerprint density at radius 1 is 1.31 bits per heavy atom. The Labute approximate surface area is 154 Å². The monoisotopic (exact) mass is 379 g/mol. The molecule has 1 fully saturated rings. The molecule has 0 radical (unpaired) electrons. The van der Waals surface area contributed by atoms with Crippen LogP contribution in [-0.4, -0.2) is 22.2 Å². The lowest BCUT2D eigenvalue weighted by molar-refractivity contribution is -0.0744. The Kier molecular flexibility index (Phi) is 4.27. The van der Waals surface area contributed by atoms with E-state index in [1.807, 2.05) is 19.9 Å². The molecular formula is C18H19F2N3O2S. The van der Waals surface area contributed by atoms with E-state index in [0.717, 1.165) is 11.8 Å². The standard InChI is InChI=1S/C18H19F2N3O2S/c1-9-5-16(25-23-9)15-7-13-10(2)26-17(21)22-18(13,8-24-15)12-4-3-11(19)6-14(12)20/h3-6,10,13,15H,7-8H2,1-2H3,(H2,21,22). The number of thioether (sulfide) groups is 1. The largest absolute Gasteiger partial charge is 0.379 e. The molecule has 0 spiro atoms. The number of amidine groups is 1. The highest BCUT2D eigenvalue weighted by Crippen LogP contribution is 2.52. The molecule has 4 rings (SSSR count). The first-order valence-corrected chi connectivity index (χ1v) is 9.29. The van der Waals surface area contributed by atoms with Crippen LogP contribution in [0.15, 0.2) is 33.8 Å². The van der Waals surface area contributed by atoms with E-state index in [4.69, 9.17) is 15.0 Å². The van der Waals surface area contributed by atoms with E-state index in [2.05, 4.69) is 10.1 Å². The molecule has 8 heteroatoms. The minimum atomic E-state index is -0.974. The number of benzene rings is 1. The van der Waals surface area contributed by atoms with E-state index in [1.165, 1.54) is 23.9 Å². The second-order valence-corrected chi connectivity index (χ2v) is 8.23. The summed E-state index contributed by atoms with van der Waals surface area (Å²) in [5, 5.41) is 4.39. The molecule has 0 amide bonds. The molecule has 0 saturated carbocycles. The first kappa shape index (κ1) is 17.5. The number of aryl methyl sites for hydroxylation is 1. The maximum Gasteiger partial charge on any atom is 0.165 e. The zero-order chi connectivity index (χ0) is 18.5. The maximum absolute atomic E-state index is 14.6. The van der Waals surface area contributed by atoms with Crippen LogP contribution < -0.4 is 5.73 Å². The summed E-state index contributed by atoms with van der Waals surface area (Å²) in [4.78, 5) is 4.60. The van der Waals surface area contributed by atoms with Crippen LogP contribution in [0.2, 0.25) is 0 Å². The molecule has 2 aliphatic rings. The second kappa shape index (κ2) is 6.35. The predicted octanol–water partition coefficient (Wildman–Crippen LogP) is 3.68. The van der Waals surface area contributed by atoms with Crippen molar-refractivity contribution in [3.8, 4) is 0 Å². The number of aliphatic imine (C=N–C) groups is 1. The molecule has 0 aliphatic carbocycles. The molecule has 1 aromatic heterocycles. The van der Waals surface area contributed by atoms with Gasteiger partial charge in [0.05, 0.1) is 12.3 Å².